The minimum absolute atomic E-state index is 0.212. The van der Waals surface area contributed by atoms with Crippen LogP contribution in [0.25, 0.3) is 11.3 Å². The molecular formula is C35H40ClN3O. The van der Waals surface area contributed by atoms with E-state index in [1.165, 1.54) is 43.2 Å². The fraction of sp³-hybridized carbons (Fsp3) is 0.371. The van der Waals surface area contributed by atoms with Gasteiger partial charge in [0.05, 0.1) is 5.69 Å². The van der Waals surface area contributed by atoms with E-state index in [4.69, 9.17) is 16.3 Å². The third kappa shape index (κ3) is 7.71. The molecule has 208 valence electrons. The third-order valence-corrected chi connectivity index (χ3v) is 8.31. The van der Waals surface area contributed by atoms with E-state index in [1.54, 1.807) is 0 Å². The van der Waals surface area contributed by atoms with Gasteiger partial charge in [-0.25, -0.2) is 4.98 Å². The molecule has 4 aromatic rings. The largest absolute Gasteiger partial charge is 0.476 e. The Hall–Kier alpha value is -3.21. The lowest BCUT2D eigenvalue weighted by atomic mass is 9.84. The second-order valence-electron chi connectivity index (χ2n) is 11.2. The Kier molecular flexibility index (Phi) is 9.85. The van der Waals surface area contributed by atoms with Crippen molar-refractivity contribution in [3.63, 3.8) is 0 Å². The number of hydrogen-bond donors (Lipinski definition) is 0. The molecule has 1 heterocycles. The second-order valence-corrected chi connectivity index (χ2v) is 11.5. The molecule has 5 heteroatoms. The van der Waals surface area contributed by atoms with E-state index in [2.05, 4.69) is 108 Å². The second kappa shape index (κ2) is 13.9. The van der Waals surface area contributed by atoms with Crippen molar-refractivity contribution in [2.75, 3.05) is 6.61 Å². The van der Waals surface area contributed by atoms with Crippen LogP contribution in [-0.4, -0.2) is 27.5 Å². The van der Waals surface area contributed by atoms with Gasteiger partial charge in [0, 0.05) is 30.8 Å². The summed E-state index contributed by atoms with van der Waals surface area (Å²) in [6.45, 7) is 6.49. The number of aromatic nitrogens is 2. The Morgan fingerprint density at radius 1 is 0.800 bits per heavy atom. The first-order valence-electron chi connectivity index (χ1n) is 14.6. The number of halogens is 1. The molecule has 0 unspecified atom stereocenters. The molecule has 3 aromatic carbocycles. The first-order chi connectivity index (χ1) is 19.5. The topological polar surface area (TPSA) is 38.2 Å². The molecule has 1 fully saturated rings. The van der Waals surface area contributed by atoms with Crippen LogP contribution in [0.2, 0.25) is 5.28 Å². The summed E-state index contributed by atoms with van der Waals surface area (Å²) >= 11 is 6.44. The first-order valence-corrected chi connectivity index (χ1v) is 15.0. The molecule has 4 nitrogen and oxygen atoms in total. The molecule has 40 heavy (non-hydrogen) atoms. The Balaban J connectivity index is 1.42. The van der Waals surface area contributed by atoms with Gasteiger partial charge in [-0.15, -0.1) is 0 Å². The van der Waals surface area contributed by atoms with Gasteiger partial charge >= 0.3 is 0 Å². The zero-order chi connectivity index (χ0) is 27.7. The van der Waals surface area contributed by atoms with Gasteiger partial charge in [-0.1, -0.05) is 111 Å². The van der Waals surface area contributed by atoms with Gasteiger partial charge in [-0.3, -0.25) is 4.90 Å². The average molecular weight is 554 g/mol. The maximum Gasteiger partial charge on any atom is 0.226 e. The van der Waals surface area contributed by atoms with E-state index in [-0.39, 0.29) is 11.3 Å². The smallest absolute Gasteiger partial charge is 0.226 e. The maximum atomic E-state index is 6.51. The zero-order valence-electron chi connectivity index (χ0n) is 23.7. The Morgan fingerprint density at radius 3 is 2.00 bits per heavy atom. The highest BCUT2D eigenvalue weighted by atomic mass is 35.5. The Morgan fingerprint density at radius 2 is 1.40 bits per heavy atom. The molecule has 0 spiro atoms. The van der Waals surface area contributed by atoms with Crippen LogP contribution in [0.3, 0.4) is 0 Å². The summed E-state index contributed by atoms with van der Waals surface area (Å²) in [6.07, 6.45) is 7.73. The van der Waals surface area contributed by atoms with Gasteiger partial charge in [0.2, 0.25) is 11.2 Å². The summed E-state index contributed by atoms with van der Waals surface area (Å²) in [5.74, 6) is 1.25. The van der Waals surface area contributed by atoms with Crippen LogP contribution in [-0.2, 0) is 13.1 Å². The summed E-state index contributed by atoms with van der Waals surface area (Å²) < 4.78 is 6.51. The van der Waals surface area contributed by atoms with Crippen molar-refractivity contribution in [3.8, 4) is 17.1 Å². The van der Waals surface area contributed by atoms with Crippen LogP contribution in [0, 0.1) is 19.8 Å². The number of benzene rings is 3. The monoisotopic (exact) mass is 553 g/mol. The standard InChI is InChI=1S/C35H40ClN3O/c1-26-13-12-14-27(2)34(26)32-22-33(38-35(36)37-32)40-25-31(21-28-15-6-3-7-16-28)39(23-29-17-8-4-9-18-29)24-30-19-10-5-11-20-30/h4-5,8-14,17-20,22,28,31H,3,6-7,15-16,21,23-25H2,1-2H3/t31-/m1/s1. The van der Waals surface area contributed by atoms with E-state index in [0.717, 1.165) is 47.8 Å². The molecule has 0 saturated heterocycles. The molecule has 0 aliphatic heterocycles. The quantitative estimate of drug-likeness (QED) is 0.174. The molecular weight excluding hydrogens is 514 g/mol. The van der Waals surface area contributed by atoms with Crippen LogP contribution >= 0.6 is 11.6 Å². The molecule has 0 amide bonds. The fourth-order valence-corrected chi connectivity index (χ4v) is 6.25. The molecule has 1 aliphatic rings. The molecule has 1 aromatic heterocycles. The summed E-state index contributed by atoms with van der Waals surface area (Å²) in [5, 5.41) is 0.212. The molecule has 5 rings (SSSR count). The number of nitrogens with zero attached hydrogens (tertiary/aromatic N) is 3. The van der Waals surface area contributed by atoms with E-state index in [1.807, 2.05) is 6.07 Å². The summed E-state index contributed by atoms with van der Waals surface area (Å²) in [7, 11) is 0. The maximum absolute atomic E-state index is 6.51. The summed E-state index contributed by atoms with van der Waals surface area (Å²) in [4.78, 5) is 11.6. The van der Waals surface area contributed by atoms with Crippen LogP contribution in [0.1, 0.15) is 60.8 Å². The molecule has 1 saturated carbocycles. The highest BCUT2D eigenvalue weighted by molar-refractivity contribution is 6.28. The molecule has 1 aliphatic carbocycles. The van der Waals surface area contributed by atoms with Crippen LogP contribution < -0.4 is 4.74 Å². The SMILES string of the molecule is Cc1cccc(C)c1-c1cc(OC[C@@H](CC2CCCCC2)N(Cc2ccccc2)Cc2ccccc2)nc(Cl)n1. The lowest BCUT2D eigenvalue weighted by Crippen LogP contribution is -2.40. The van der Waals surface area contributed by atoms with E-state index >= 15 is 0 Å². The first kappa shape index (κ1) is 28.3. The minimum atomic E-state index is 0.212. The van der Waals surface area contributed by atoms with Crippen LogP contribution in [0.4, 0.5) is 0 Å². The van der Waals surface area contributed by atoms with Gasteiger partial charge in [0.1, 0.15) is 6.61 Å². The number of aryl methyl sites for hydroxylation is 2. The van der Waals surface area contributed by atoms with Crippen molar-refractivity contribution < 1.29 is 4.74 Å². The predicted octanol–water partition coefficient (Wildman–Crippen LogP) is 8.83. The Bertz CT molecular complexity index is 1290. The average Bonchev–Trinajstić information content (AvgIpc) is 2.96. The van der Waals surface area contributed by atoms with Crippen molar-refractivity contribution in [1.29, 1.82) is 0 Å². The summed E-state index contributed by atoms with van der Waals surface area (Å²) in [5.41, 5.74) is 6.84. The van der Waals surface area contributed by atoms with E-state index in [9.17, 15) is 0 Å². The lowest BCUT2D eigenvalue weighted by molar-refractivity contribution is 0.0919. The van der Waals surface area contributed by atoms with Crippen molar-refractivity contribution in [2.24, 2.45) is 5.92 Å². The highest BCUT2D eigenvalue weighted by Crippen LogP contribution is 2.31. The third-order valence-electron chi connectivity index (χ3n) is 8.14. The number of ether oxygens (including phenoxy) is 1. The van der Waals surface area contributed by atoms with Gasteiger partial charge in [-0.05, 0) is 60.0 Å². The zero-order valence-corrected chi connectivity index (χ0v) is 24.5. The van der Waals surface area contributed by atoms with Crippen molar-refractivity contribution in [2.45, 2.75) is 71.5 Å². The van der Waals surface area contributed by atoms with E-state index < -0.39 is 0 Å². The number of hydrogen-bond acceptors (Lipinski definition) is 4. The van der Waals surface area contributed by atoms with Gasteiger partial charge in [0.15, 0.2) is 0 Å². The van der Waals surface area contributed by atoms with Gasteiger partial charge in [-0.2, -0.15) is 4.98 Å². The lowest BCUT2D eigenvalue weighted by Gasteiger charge is -2.35. The predicted molar refractivity (Wildman–Crippen MR) is 165 cm³/mol. The molecule has 0 radical (unpaired) electrons. The summed E-state index contributed by atoms with van der Waals surface area (Å²) in [6, 6.07) is 30.0. The van der Waals surface area contributed by atoms with Crippen LogP contribution in [0.5, 0.6) is 5.88 Å². The Labute approximate surface area is 244 Å². The minimum Gasteiger partial charge on any atom is -0.476 e. The molecule has 0 N–H and O–H groups in total. The van der Waals surface area contributed by atoms with Gasteiger partial charge < -0.3 is 4.74 Å². The molecule has 1 atom stereocenters. The van der Waals surface area contributed by atoms with Crippen molar-refractivity contribution >= 4 is 11.6 Å². The van der Waals surface area contributed by atoms with Crippen molar-refractivity contribution in [3.05, 3.63) is 112 Å². The highest BCUT2D eigenvalue weighted by Gasteiger charge is 2.26. The van der Waals surface area contributed by atoms with Gasteiger partial charge in [0.25, 0.3) is 0 Å². The van der Waals surface area contributed by atoms with Crippen LogP contribution in [0.15, 0.2) is 84.9 Å². The fourth-order valence-electron chi connectivity index (χ4n) is 6.08. The normalized spacial score (nSPS) is 14.8. The number of rotatable bonds is 11. The van der Waals surface area contributed by atoms with E-state index in [0.29, 0.717) is 12.5 Å². The van der Waals surface area contributed by atoms with Crippen molar-refractivity contribution in [1.82, 2.24) is 14.9 Å². The molecule has 0 bridgehead atoms.